The zero-order valence-corrected chi connectivity index (χ0v) is 10.2. The van der Waals surface area contributed by atoms with E-state index in [4.69, 9.17) is 4.74 Å². The van der Waals surface area contributed by atoms with Gasteiger partial charge in [0.25, 0.3) is 0 Å². The van der Waals surface area contributed by atoms with Crippen molar-refractivity contribution < 1.29 is 9.53 Å². The topological polar surface area (TPSA) is 42.4 Å². The van der Waals surface area contributed by atoms with E-state index in [9.17, 15) is 4.79 Å². The van der Waals surface area contributed by atoms with E-state index in [0.29, 0.717) is 4.88 Å². The molecule has 88 valence electrons. The molecule has 2 heterocycles. The Hall–Kier alpha value is -0.780. The van der Waals surface area contributed by atoms with Gasteiger partial charge in [0.15, 0.2) is 6.29 Å². The Balaban J connectivity index is 2.00. The minimum absolute atomic E-state index is 0.0407. The summed E-state index contributed by atoms with van der Waals surface area (Å²) in [5.74, 6) is 0. The molecule has 5 heteroatoms. The highest BCUT2D eigenvalue weighted by atomic mass is 32.1. The third-order valence-corrected chi connectivity index (χ3v) is 3.64. The van der Waals surface area contributed by atoms with Crippen molar-refractivity contribution in [2.24, 2.45) is 0 Å². The van der Waals surface area contributed by atoms with Crippen LogP contribution in [-0.4, -0.2) is 42.4 Å². The van der Waals surface area contributed by atoms with E-state index in [0.717, 1.165) is 44.0 Å². The van der Waals surface area contributed by atoms with Gasteiger partial charge in [0, 0.05) is 19.3 Å². The molecule has 1 aliphatic rings. The van der Waals surface area contributed by atoms with Crippen LogP contribution in [0.15, 0.2) is 6.20 Å². The molecule has 2 rings (SSSR count). The van der Waals surface area contributed by atoms with Crippen LogP contribution in [0.5, 0.6) is 0 Å². The van der Waals surface area contributed by atoms with Crippen LogP contribution in [0.3, 0.4) is 0 Å². The number of aldehydes is 1. The van der Waals surface area contributed by atoms with Gasteiger partial charge in [-0.3, -0.25) is 9.69 Å². The lowest BCUT2D eigenvalue weighted by molar-refractivity contribution is -0.0299. The van der Waals surface area contributed by atoms with Crippen molar-refractivity contribution in [3.05, 3.63) is 16.1 Å². The predicted molar refractivity (Wildman–Crippen MR) is 62.9 cm³/mol. The van der Waals surface area contributed by atoms with Gasteiger partial charge < -0.3 is 4.74 Å². The molecule has 1 saturated heterocycles. The van der Waals surface area contributed by atoms with Crippen molar-refractivity contribution in [3.63, 3.8) is 0 Å². The Kier molecular flexibility index (Phi) is 4.04. The summed E-state index contributed by atoms with van der Waals surface area (Å²) in [6, 6.07) is 0. The first kappa shape index (κ1) is 11.7. The summed E-state index contributed by atoms with van der Waals surface area (Å²) >= 11 is 1.43. The number of hydrogen-bond donors (Lipinski definition) is 0. The molecule has 0 aliphatic carbocycles. The summed E-state index contributed by atoms with van der Waals surface area (Å²) in [7, 11) is 0. The van der Waals surface area contributed by atoms with Crippen molar-refractivity contribution in [2.75, 3.05) is 26.2 Å². The molecule has 0 saturated carbocycles. The zero-order chi connectivity index (χ0) is 11.4. The van der Waals surface area contributed by atoms with Crippen molar-refractivity contribution in [3.8, 4) is 0 Å². The Morgan fingerprint density at radius 1 is 1.75 bits per heavy atom. The summed E-state index contributed by atoms with van der Waals surface area (Å²) in [5, 5.41) is 0.919. The van der Waals surface area contributed by atoms with Crippen molar-refractivity contribution >= 4 is 17.6 Å². The Morgan fingerprint density at radius 3 is 3.31 bits per heavy atom. The van der Waals surface area contributed by atoms with Crippen LogP contribution in [-0.2, 0) is 4.74 Å². The van der Waals surface area contributed by atoms with Crippen LogP contribution >= 0.6 is 11.3 Å². The maximum atomic E-state index is 10.6. The van der Waals surface area contributed by atoms with E-state index in [1.165, 1.54) is 11.3 Å². The van der Waals surface area contributed by atoms with Gasteiger partial charge in [-0.1, -0.05) is 6.92 Å². The number of carbonyl (C=O) groups is 1. The first-order valence-corrected chi connectivity index (χ1v) is 6.40. The smallest absolute Gasteiger partial charge is 0.161 e. The van der Waals surface area contributed by atoms with E-state index < -0.39 is 0 Å². The second-order valence-corrected chi connectivity index (χ2v) is 4.97. The largest absolute Gasteiger partial charge is 0.368 e. The number of carbonyl (C=O) groups excluding carboxylic acids is 1. The van der Waals surface area contributed by atoms with Gasteiger partial charge in [-0.2, -0.15) is 0 Å². The summed E-state index contributed by atoms with van der Waals surface area (Å²) in [6.07, 6.45) is 3.66. The molecule has 1 unspecified atom stereocenters. The molecular formula is C11H16N2O2S. The Bertz CT molecular complexity index is 352. The highest BCUT2D eigenvalue weighted by Crippen LogP contribution is 2.25. The lowest BCUT2D eigenvalue weighted by atomic mass is 10.2. The van der Waals surface area contributed by atoms with Crippen molar-refractivity contribution in [2.45, 2.75) is 19.4 Å². The molecule has 1 aromatic rings. The average molecular weight is 240 g/mol. The maximum absolute atomic E-state index is 10.6. The van der Waals surface area contributed by atoms with E-state index in [2.05, 4.69) is 16.8 Å². The second kappa shape index (κ2) is 5.52. The number of nitrogens with zero attached hydrogens (tertiary/aromatic N) is 2. The van der Waals surface area contributed by atoms with Crippen LogP contribution < -0.4 is 0 Å². The highest BCUT2D eigenvalue weighted by Gasteiger charge is 2.23. The van der Waals surface area contributed by atoms with E-state index in [1.54, 1.807) is 6.20 Å². The molecule has 4 nitrogen and oxygen atoms in total. The number of morpholine rings is 1. The van der Waals surface area contributed by atoms with E-state index in [-0.39, 0.29) is 6.10 Å². The van der Waals surface area contributed by atoms with Crippen molar-refractivity contribution in [1.29, 1.82) is 0 Å². The SMILES string of the molecule is CCCN1CCOC(c2ncc(C=O)s2)C1. The van der Waals surface area contributed by atoms with Gasteiger partial charge >= 0.3 is 0 Å². The fraction of sp³-hybridized carbons (Fsp3) is 0.636. The molecule has 1 atom stereocenters. The molecule has 0 N–H and O–H groups in total. The van der Waals surface area contributed by atoms with Gasteiger partial charge in [-0.25, -0.2) is 4.98 Å². The molecule has 0 bridgehead atoms. The van der Waals surface area contributed by atoms with Crippen LogP contribution in [0.4, 0.5) is 0 Å². The fourth-order valence-electron chi connectivity index (χ4n) is 1.88. The highest BCUT2D eigenvalue weighted by molar-refractivity contribution is 7.13. The van der Waals surface area contributed by atoms with Crippen LogP contribution in [0, 0.1) is 0 Å². The lowest BCUT2D eigenvalue weighted by Gasteiger charge is -2.31. The van der Waals surface area contributed by atoms with Gasteiger partial charge in [-0.15, -0.1) is 11.3 Å². The lowest BCUT2D eigenvalue weighted by Crippen LogP contribution is -2.38. The molecule has 0 spiro atoms. The quantitative estimate of drug-likeness (QED) is 0.752. The number of thiazole rings is 1. The number of hydrogen-bond acceptors (Lipinski definition) is 5. The molecule has 0 aromatic carbocycles. The summed E-state index contributed by atoms with van der Waals surface area (Å²) < 4.78 is 5.69. The normalized spacial score (nSPS) is 22.2. The number of rotatable bonds is 4. The minimum atomic E-state index is 0.0407. The molecule has 0 radical (unpaired) electrons. The summed E-state index contributed by atoms with van der Waals surface area (Å²) in [5.41, 5.74) is 0. The number of aromatic nitrogens is 1. The third-order valence-electron chi connectivity index (χ3n) is 2.62. The first-order chi connectivity index (χ1) is 7.83. The Morgan fingerprint density at radius 2 is 2.62 bits per heavy atom. The summed E-state index contributed by atoms with van der Waals surface area (Å²) in [4.78, 5) is 17.9. The maximum Gasteiger partial charge on any atom is 0.161 e. The van der Waals surface area contributed by atoms with Crippen LogP contribution in [0.1, 0.15) is 34.1 Å². The van der Waals surface area contributed by atoms with Gasteiger partial charge in [0.1, 0.15) is 11.1 Å². The molecule has 1 fully saturated rings. The van der Waals surface area contributed by atoms with Crippen LogP contribution in [0.25, 0.3) is 0 Å². The molecular weight excluding hydrogens is 224 g/mol. The zero-order valence-electron chi connectivity index (χ0n) is 9.39. The van der Waals surface area contributed by atoms with E-state index in [1.807, 2.05) is 0 Å². The van der Waals surface area contributed by atoms with E-state index >= 15 is 0 Å². The van der Waals surface area contributed by atoms with Crippen molar-refractivity contribution in [1.82, 2.24) is 9.88 Å². The molecule has 16 heavy (non-hydrogen) atoms. The Labute approximate surface area is 99.2 Å². The molecule has 1 aliphatic heterocycles. The monoisotopic (exact) mass is 240 g/mol. The number of ether oxygens (including phenoxy) is 1. The second-order valence-electron chi connectivity index (χ2n) is 3.88. The standard InChI is InChI=1S/C11H16N2O2S/c1-2-3-13-4-5-15-10(7-13)11-12-6-9(8-14)16-11/h6,8,10H,2-5,7H2,1H3. The fourth-order valence-corrected chi connectivity index (χ4v) is 2.65. The van der Waals surface area contributed by atoms with Gasteiger partial charge in [0.05, 0.1) is 11.5 Å². The summed E-state index contributed by atoms with van der Waals surface area (Å²) in [6.45, 7) is 5.92. The molecule has 1 aromatic heterocycles. The predicted octanol–water partition coefficient (Wildman–Crippen LogP) is 1.74. The first-order valence-electron chi connectivity index (χ1n) is 5.58. The minimum Gasteiger partial charge on any atom is -0.368 e. The van der Waals surface area contributed by atoms with Gasteiger partial charge in [0.2, 0.25) is 0 Å². The third kappa shape index (κ3) is 2.66. The average Bonchev–Trinajstić information content (AvgIpc) is 2.78. The molecule has 0 amide bonds. The van der Waals surface area contributed by atoms with Gasteiger partial charge in [-0.05, 0) is 13.0 Å². The van der Waals surface area contributed by atoms with Crippen LogP contribution in [0.2, 0.25) is 0 Å².